The average Bonchev–Trinajstić information content (AvgIpc) is 2.31. The molecule has 0 amide bonds. The van der Waals surface area contributed by atoms with E-state index in [0.717, 1.165) is 16.6 Å². The van der Waals surface area contributed by atoms with E-state index >= 15 is 0 Å². The Morgan fingerprint density at radius 2 is 1.61 bits per heavy atom. The van der Waals surface area contributed by atoms with Crippen LogP contribution in [0, 0.1) is 6.92 Å². The van der Waals surface area contributed by atoms with Crippen LogP contribution in [0.1, 0.15) is 25.6 Å². The van der Waals surface area contributed by atoms with Crippen molar-refractivity contribution < 1.29 is 14.2 Å². The molecule has 0 aliphatic carbocycles. The van der Waals surface area contributed by atoms with Crippen molar-refractivity contribution >= 4 is 22.5 Å². The van der Waals surface area contributed by atoms with Crippen LogP contribution in [0.2, 0.25) is 0 Å². The molecule has 1 heterocycles. The van der Waals surface area contributed by atoms with Gasteiger partial charge in [-0.15, -0.1) is 0 Å². The number of aromatic nitrogens is 1. The minimum absolute atomic E-state index is 0.132. The minimum atomic E-state index is -0.726. The molecule has 0 saturated carbocycles. The van der Waals surface area contributed by atoms with E-state index in [9.17, 15) is 9.59 Å². The predicted molar refractivity (Wildman–Crippen MR) is 69.3 cm³/mol. The number of nitrogens with zero attached hydrogens (tertiary/aromatic N) is 1. The van der Waals surface area contributed by atoms with Crippen molar-refractivity contribution in [2.24, 2.45) is 0 Å². The molecule has 0 bridgehead atoms. The maximum atomic E-state index is 11.7. The topological polar surface area (TPSA) is 38.0 Å². The standard InChI is InChI=1S/C15H16NO2/c1-10-8-9-13-6-4-5-7-14(13)16(10)15(11(2)17)12(3)18/h4-9,15H,1-3H3/q+1. The Hall–Kier alpha value is -2.03. The van der Waals surface area contributed by atoms with E-state index in [0.29, 0.717) is 0 Å². The van der Waals surface area contributed by atoms with E-state index in [1.165, 1.54) is 13.8 Å². The van der Waals surface area contributed by atoms with Crippen LogP contribution in [0.3, 0.4) is 0 Å². The average molecular weight is 242 g/mol. The number of pyridine rings is 1. The number of Topliss-reactive ketones (excluding diaryl/α,β-unsaturated/α-hetero) is 2. The van der Waals surface area contributed by atoms with Crippen molar-refractivity contribution in [2.75, 3.05) is 0 Å². The highest BCUT2D eigenvalue weighted by Crippen LogP contribution is 2.14. The fourth-order valence-corrected chi connectivity index (χ4v) is 2.32. The van der Waals surface area contributed by atoms with Gasteiger partial charge in [0.2, 0.25) is 17.1 Å². The molecule has 3 nitrogen and oxygen atoms in total. The molecule has 3 heteroatoms. The summed E-state index contributed by atoms with van der Waals surface area (Å²) >= 11 is 0. The Morgan fingerprint density at radius 1 is 1.00 bits per heavy atom. The second-order valence-electron chi connectivity index (χ2n) is 4.53. The van der Waals surface area contributed by atoms with Gasteiger partial charge in [0.1, 0.15) is 0 Å². The summed E-state index contributed by atoms with van der Waals surface area (Å²) in [6.07, 6.45) is 0. The smallest absolute Gasteiger partial charge is 0.274 e. The zero-order valence-corrected chi connectivity index (χ0v) is 10.8. The van der Waals surface area contributed by atoms with Crippen molar-refractivity contribution in [3.63, 3.8) is 0 Å². The van der Waals surface area contributed by atoms with Gasteiger partial charge in [0.25, 0.3) is 6.04 Å². The lowest BCUT2D eigenvalue weighted by atomic mass is 10.1. The fraction of sp³-hybridized carbons (Fsp3) is 0.267. The second kappa shape index (κ2) is 4.69. The molecule has 2 aromatic rings. The van der Waals surface area contributed by atoms with E-state index < -0.39 is 6.04 Å². The van der Waals surface area contributed by atoms with Crippen LogP contribution in [-0.4, -0.2) is 11.6 Å². The Bertz CT molecular complexity index is 617. The van der Waals surface area contributed by atoms with Gasteiger partial charge in [0.05, 0.1) is 0 Å². The Balaban J connectivity index is 2.79. The summed E-state index contributed by atoms with van der Waals surface area (Å²) in [5.74, 6) is -0.265. The molecule has 2 rings (SSSR count). The Morgan fingerprint density at radius 3 is 2.22 bits per heavy atom. The molecule has 0 radical (unpaired) electrons. The maximum Gasteiger partial charge on any atom is 0.274 e. The van der Waals surface area contributed by atoms with Crippen molar-refractivity contribution in [1.82, 2.24) is 0 Å². The van der Waals surface area contributed by atoms with Crippen molar-refractivity contribution in [3.05, 3.63) is 42.1 Å². The molecule has 0 saturated heterocycles. The zero-order valence-electron chi connectivity index (χ0n) is 10.8. The quantitative estimate of drug-likeness (QED) is 0.611. The van der Waals surface area contributed by atoms with Gasteiger partial charge in [-0.2, -0.15) is 4.57 Å². The first-order valence-corrected chi connectivity index (χ1v) is 5.93. The molecule has 0 fully saturated rings. The molecular weight excluding hydrogens is 226 g/mol. The number of ketones is 2. The Kier molecular flexibility index (Phi) is 3.24. The Labute approximate surface area is 106 Å². The minimum Gasteiger partial charge on any atom is -0.292 e. The summed E-state index contributed by atoms with van der Waals surface area (Å²) in [6.45, 7) is 4.83. The van der Waals surface area contributed by atoms with E-state index in [4.69, 9.17) is 0 Å². The number of hydrogen-bond acceptors (Lipinski definition) is 2. The number of fused-ring (bicyclic) bond motifs is 1. The van der Waals surface area contributed by atoms with Crippen molar-refractivity contribution in [1.29, 1.82) is 0 Å². The van der Waals surface area contributed by atoms with Gasteiger partial charge < -0.3 is 0 Å². The zero-order chi connectivity index (χ0) is 13.3. The first-order chi connectivity index (χ1) is 8.52. The highest BCUT2D eigenvalue weighted by atomic mass is 16.2. The molecule has 0 atom stereocenters. The largest absolute Gasteiger partial charge is 0.292 e. The summed E-state index contributed by atoms with van der Waals surface area (Å²) in [5, 5.41) is 1.02. The number of rotatable bonds is 3. The summed E-state index contributed by atoms with van der Waals surface area (Å²) in [5.41, 5.74) is 1.82. The van der Waals surface area contributed by atoms with E-state index in [-0.39, 0.29) is 11.6 Å². The van der Waals surface area contributed by atoms with Gasteiger partial charge in [-0.05, 0) is 12.1 Å². The maximum absolute atomic E-state index is 11.7. The summed E-state index contributed by atoms with van der Waals surface area (Å²) in [4.78, 5) is 23.5. The number of benzene rings is 1. The number of carbonyl (C=O) groups excluding carboxylic acids is 2. The third-order valence-corrected chi connectivity index (χ3v) is 3.11. The van der Waals surface area contributed by atoms with Crippen LogP contribution >= 0.6 is 0 Å². The molecule has 1 aromatic heterocycles. The summed E-state index contributed by atoms with van der Waals surface area (Å²) < 4.78 is 1.82. The molecule has 0 N–H and O–H groups in total. The SMILES string of the molecule is CC(=O)C(C(C)=O)[n+]1c(C)ccc2ccccc21. The number of aryl methyl sites for hydroxylation is 1. The van der Waals surface area contributed by atoms with Gasteiger partial charge in [0, 0.05) is 38.3 Å². The number of para-hydroxylation sites is 1. The molecule has 0 aliphatic heterocycles. The second-order valence-corrected chi connectivity index (χ2v) is 4.53. The van der Waals surface area contributed by atoms with Gasteiger partial charge in [-0.1, -0.05) is 12.1 Å². The van der Waals surface area contributed by atoms with Gasteiger partial charge in [0.15, 0.2) is 5.69 Å². The third kappa shape index (κ3) is 2.04. The molecule has 0 spiro atoms. The van der Waals surface area contributed by atoms with Crippen LogP contribution in [0.15, 0.2) is 36.4 Å². The first-order valence-electron chi connectivity index (χ1n) is 5.93. The van der Waals surface area contributed by atoms with Crippen molar-refractivity contribution in [3.8, 4) is 0 Å². The summed E-state index contributed by atoms with van der Waals surface area (Å²) in [6, 6.07) is 11.0. The molecule has 92 valence electrons. The first kappa shape index (κ1) is 12.4. The predicted octanol–water partition coefficient (Wildman–Crippen LogP) is 2.15. The molecular formula is C15H16NO2+. The fourth-order valence-electron chi connectivity index (χ4n) is 2.32. The van der Waals surface area contributed by atoms with E-state index in [1.807, 2.05) is 47.9 Å². The lowest BCUT2D eigenvalue weighted by Gasteiger charge is -2.10. The molecule has 18 heavy (non-hydrogen) atoms. The van der Waals surface area contributed by atoms with Crippen LogP contribution in [0.4, 0.5) is 0 Å². The number of hydrogen-bond donors (Lipinski definition) is 0. The third-order valence-electron chi connectivity index (χ3n) is 3.11. The highest BCUT2D eigenvalue weighted by Gasteiger charge is 2.32. The lowest BCUT2D eigenvalue weighted by Crippen LogP contribution is -2.49. The van der Waals surface area contributed by atoms with Crippen LogP contribution in [0.5, 0.6) is 0 Å². The monoisotopic (exact) mass is 242 g/mol. The molecule has 0 unspecified atom stereocenters. The van der Waals surface area contributed by atoms with Gasteiger partial charge in [-0.3, -0.25) is 9.59 Å². The van der Waals surface area contributed by atoms with E-state index in [2.05, 4.69) is 0 Å². The molecule has 0 aliphatic rings. The normalized spacial score (nSPS) is 10.9. The summed E-state index contributed by atoms with van der Waals surface area (Å²) in [7, 11) is 0. The highest BCUT2D eigenvalue weighted by molar-refractivity contribution is 6.00. The van der Waals surface area contributed by atoms with Crippen LogP contribution in [-0.2, 0) is 9.59 Å². The van der Waals surface area contributed by atoms with Crippen molar-refractivity contribution in [2.45, 2.75) is 26.8 Å². The number of carbonyl (C=O) groups is 2. The lowest BCUT2D eigenvalue weighted by molar-refractivity contribution is -0.676. The van der Waals surface area contributed by atoms with E-state index in [1.54, 1.807) is 0 Å². The van der Waals surface area contributed by atoms with Crippen LogP contribution < -0.4 is 4.57 Å². The van der Waals surface area contributed by atoms with Crippen LogP contribution in [0.25, 0.3) is 10.9 Å². The van der Waals surface area contributed by atoms with Gasteiger partial charge >= 0.3 is 0 Å². The van der Waals surface area contributed by atoms with Gasteiger partial charge in [-0.25, -0.2) is 0 Å². The molecule has 1 aromatic carbocycles.